The van der Waals surface area contributed by atoms with E-state index in [4.69, 9.17) is 10.5 Å². The molecule has 1 aliphatic heterocycles. The molecule has 0 atom stereocenters. The van der Waals surface area contributed by atoms with Crippen LogP contribution in [-0.2, 0) is 16.0 Å². The quantitative estimate of drug-likeness (QED) is 0.801. The SMILES string of the molecule is CC(C)(C)OC(=O)NCC(=O)N1CCC(CN)(CCc2ccccc2)CC1. The second-order valence-corrected chi connectivity index (χ2v) is 8.43. The normalized spacial score (nSPS) is 16.7. The van der Waals surface area contributed by atoms with Crippen LogP contribution in [-0.4, -0.2) is 48.7 Å². The summed E-state index contributed by atoms with van der Waals surface area (Å²) < 4.78 is 5.16. The van der Waals surface area contributed by atoms with Gasteiger partial charge in [0, 0.05) is 13.1 Å². The maximum absolute atomic E-state index is 12.4. The van der Waals surface area contributed by atoms with Gasteiger partial charge in [-0.15, -0.1) is 0 Å². The number of nitrogens with two attached hydrogens (primary N) is 1. The highest BCUT2D eigenvalue weighted by Gasteiger charge is 2.34. The summed E-state index contributed by atoms with van der Waals surface area (Å²) in [5.74, 6) is -0.0745. The molecule has 1 heterocycles. The fourth-order valence-electron chi connectivity index (χ4n) is 3.41. The number of ether oxygens (including phenoxy) is 1. The van der Waals surface area contributed by atoms with Gasteiger partial charge in [0.15, 0.2) is 0 Å². The van der Waals surface area contributed by atoms with Crippen LogP contribution in [0.2, 0.25) is 0 Å². The minimum absolute atomic E-state index is 0.0332. The highest BCUT2D eigenvalue weighted by Crippen LogP contribution is 2.35. The lowest BCUT2D eigenvalue weighted by Crippen LogP contribution is -2.49. The van der Waals surface area contributed by atoms with E-state index in [0.29, 0.717) is 19.6 Å². The molecule has 0 radical (unpaired) electrons. The van der Waals surface area contributed by atoms with Gasteiger partial charge in [-0.25, -0.2) is 4.79 Å². The molecule has 0 bridgehead atoms. The van der Waals surface area contributed by atoms with Gasteiger partial charge in [0.05, 0.1) is 0 Å². The number of amides is 2. The van der Waals surface area contributed by atoms with Crippen LogP contribution >= 0.6 is 0 Å². The van der Waals surface area contributed by atoms with Gasteiger partial charge in [0.25, 0.3) is 0 Å². The molecule has 3 N–H and O–H groups in total. The molecule has 0 aromatic heterocycles. The number of hydrogen-bond acceptors (Lipinski definition) is 4. The molecule has 6 nitrogen and oxygen atoms in total. The third kappa shape index (κ3) is 6.86. The van der Waals surface area contributed by atoms with Crippen molar-refractivity contribution in [3.05, 3.63) is 35.9 Å². The molecule has 0 aliphatic carbocycles. The number of nitrogens with one attached hydrogen (secondary N) is 1. The largest absolute Gasteiger partial charge is 0.444 e. The van der Waals surface area contributed by atoms with Crippen LogP contribution in [0.5, 0.6) is 0 Å². The monoisotopic (exact) mass is 375 g/mol. The van der Waals surface area contributed by atoms with Gasteiger partial charge in [0.1, 0.15) is 12.1 Å². The van der Waals surface area contributed by atoms with E-state index < -0.39 is 11.7 Å². The van der Waals surface area contributed by atoms with Crippen molar-refractivity contribution in [2.45, 2.75) is 52.1 Å². The number of hydrogen-bond donors (Lipinski definition) is 2. The molecule has 1 saturated heterocycles. The minimum Gasteiger partial charge on any atom is -0.444 e. The van der Waals surface area contributed by atoms with Crippen molar-refractivity contribution in [1.82, 2.24) is 10.2 Å². The van der Waals surface area contributed by atoms with Crippen LogP contribution in [0.25, 0.3) is 0 Å². The van der Waals surface area contributed by atoms with Crippen molar-refractivity contribution in [3.63, 3.8) is 0 Å². The lowest BCUT2D eigenvalue weighted by atomic mass is 9.74. The summed E-state index contributed by atoms with van der Waals surface area (Å²) in [6, 6.07) is 10.4. The van der Waals surface area contributed by atoms with Crippen molar-refractivity contribution < 1.29 is 14.3 Å². The highest BCUT2D eigenvalue weighted by atomic mass is 16.6. The van der Waals surface area contributed by atoms with E-state index in [0.717, 1.165) is 25.7 Å². The predicted octanol–water partition coefficient (Wildman–Crippen LogP) is 2.71. The zero-order chi connectivity index (χ0) is 19.9. The molecule has 2 rings (SSSR count). The van der Waals surface area contributed by atoms with E-state index >= 15 is 0 Å². The van der Waals surface area contributed by atoms with Crippen LogP contribution in [0, 0.1) is 5.41 Å². The number of benzene rings is 1. The van der Waals surface area contributed by atoms with Crippen LogP contribution in [0.1, 0.15) is 45.6 Å². The fourth-order valence-corrected chi connectivity index (χ4v) is 3.41. The number of piperidine rings is 1. The molecule has 1 aromatic rings. The first-order valence-electron chi connectivity index (χ1n) is 9.72. The van der Waals surface area contributed by atoms with Crippen molar-refractivity contribution in [2.75, 3.05) is 26.2 Å². The minimum atomic E-state index is -0.572. The first-order chi connectivity index (χ1) is 12.7. The summed E-state index contributed by atoms with van der Waals surface area (Å²) in [5.41, 5.74) is 6.95. The Morgan fingerprint density at radius 3 is 2.37 bits per heavy atom. The molecule has 1 fully saturated rings. The van der Waals surface area contributed by atoms with Crippen LogP contribution in [0.15, 0.2) is 30.3 Å². The molecule has 150 valence electrons. The second kappa shape index (κ2) is 9.22. The maximum atomic E-state index is 12.4. The first kappa shape index (κ1) is 21.2. The van der Waals surface area contributed by atoms with E-state index in [1.807, 2.05) is 11.0 Å². The number of carbonyl (C=O) groups is 2. The Bertz CT molecular complexity index is 617. The Kier molecular flexibility index (Phi) is 7.25. The Morgan fingerprint density at radius 1 is 1.19 bits per heavy atom. The fraction of sp³-hybridized carbons (Fsp3) is 0.619. The van der Waals surface area contributed by atoms with E-state index in [-0.39, 0.29) is 17.9 Å². The number of rotatable bonds is 6. The maximum Gasteiger partial charge on any atom is 0.408 e. The second-order valence-electron chi connectivity index (χ2n) is 8.43. The van der Waals surface area contributed by atoms with Gasteiger partial charge >= 0.3 is 6.09 Å². The summed E-state index contributed by atoms with van der Waals surface area (Å²) in [7, 11) is 0. The summed E-state index contributed by atoms with van der Waals surface area (Å²) in [6.07, 6.45) is 3.27. The van der Waals surface area contributed by atoms with Gasteiger partial charge in [-0.3, -0.25) is 4.79 Å². The van der Waals surface area contributed by atoms with Crippen LogP contribution in [0.4, 0.5) is 4.79 Å². The molecule has 6 heteroatoms. The predicted molar refractivity (Wildman–Crippen MR) is 106 cm³/mol. The topological polar surface area (TPSA) is 84.7 Å². The van der Waals surface area contributed by atoms with Crippen molar-refractivity contribution in [3.8, 4) is 0 Å². The third-order valence-corrected chi connectivity index (χ3v) is 5.18. The van der Waals surface area contributed by atoms with E-state index in [9.17, 15) is 9.59 Å². The Balaban J connectivity index is 1.78. The van der Waals surface area contributed by atoms with Gasteiger partial charge in [-0.05, 0) is 64.0 Å². The van der Waals surface area contributed by atoms with Gasteiger partial charge in [-0.1, -0.05) is 30.3 Å². The van der Waals surface area contributed by atoms with Gasteiger partial charge < -0.3 is 20.7 Å². The first-order valence-corrected chi connectivity index (χ1v) is 9.72. The summed E-state index contributed by atoms with van der Waals surface area (Å²) in [4.78, 5) is 25.9. The molecular formula is C21H33N3O3. The number of aryl methyl sites for hydroxylation is 1. The summed E-state index contributed by atoms with van der Waals surface area (Å²) in [5, 5.41) is 2.54. The Morgan fingerprint density at radius 2 is 1.81 bits per heavy atom. The lowest BCUT2D eigenvalue weighted by molar-refractivity contribution is -0.132. The number of likely N-dealkylation sites (tertiary alicyclic amines) is 1. The van der Waals surface area contributed by atoms with Gasteiger partial charge in [0.2, 0.25) is 5.91 Å². The average Bonchev–Trinajstić information content (AvgIpc) is 2.64. The lowest BCUT2D eigenvalue weighted by Gasteiger charge is -2.41. The summed E-state index contributed by atoms with van der Waals surface area (Å²) >= 11 is 0. The number of nitrogens with zero attached hydrogens (tertiary/aromatic N) is 1. The van der Waals surface area contributed by atoms with Crippen LogP contribution in [0.3, 0.4) is 0 Å². The van der Waals surface area contributed by atoms with Crippen LogP contribution < -0.4 is 11.1 Å². The third-order valence-electron chi connectivity index (χ3n) is 5.18. The number of carbonyl (C=O) groups excluding carboxylic acids is 2. The van der Waals surface area contributed by atoms with Crippen molar-refractivity contribution >= 4 is 12.0 Å². The van der Waals surface area contributed by atoms with E-state index in [1.54, 1.807) is 20.8 Å². The zero-order valence-electron chi connectivity index (χ0n) is 16.8. The molecule has 0 unspecified atom stereocenters. The van der Waals surface area contributed by atoms with Crippen molar-refractivity contribution in [2.24, 2.45) is 11.1 Å². The molecule has 1 aliphatic rings. The average molecular weight is 376 g/mol. The van der Waals surface area contributed by atoms with Crippen molar-refractivity contribution in [1.29, 1.82) is 0 Å². The molecule has 1 aromatic carbocycles. The number of alkyl carbamates (subject to hydrolysis) is 1. The Labute approximate surface area is 162 Å². The molecule has 0 saturated carbocycles. The Hall–Kier alpha value is -2.08. The highest BCUT2D eigenvalue weighted by molar-refractivity contribution is 5.82. The smallest absolute Gasteiger partial charge is 0.408 e. The summed E-state index contributed by atoms with van der Waals surface area (Å²) in [6.45, 7) is 7.34. The zero-order valence-corrected chi connectivity index (χ0v) is 16.8. The van der Waals surface area contributed by atoms with Gasteiger partial charge in [-0.2, -0.15) is 0 Å². The molecule has 27 heavy (non-hydrogen) atoms. The standard InChI is InChI=1S/C21H33N3O3/c1-20(2,3)27-19(26)23-15-18(25)24-13-11-21(16-22,12-14-24)10-9-17-7-5-4-6-8-17/h4-8H,9-16,22H2,1-3H3,(H,23,26). The molecule has 2 amide bonds. The van der Waals surface area contributed by atoms with E-state index in [2.05, 4.69) is 29.6 Å². The molecular weight excluding hydrogens is 342 g/mol. The molecule has 0 spiro atoms. The van der Waals surface area contributed by atoms with E-state index in [1.165, 1.54) is 5.56 Å².